The number of oxazole rings is 1. The molecular formula is C20H28ClN3O2. The van der Waals surface area contributed by atoms with E-state index in [1.165, 1.54) is 12.8 Å². The Hall–Kier alpha value is -1.85. The van der Waals surface area contributed by atoms with Gasteiger partial charge in [-0.1, -0.05) is 37.3 Å². The first-order valence-electron chi connectivity index (χ1n) is 9.14. The molecule has 1 amide bonds. The molecule has 1 aliphatic heterocycles. The number of amides is 1. The van der Waals surface area contributed by atoms with Crippen molar-refractivity contribution in [2.24, 2.45) is 11.8 Å². The van der Waals surface area contributed by atoms with Crippen molar-refractivity contribution in [1.82, 2.24) is 15.6 Å². The van der Waals surface area contributed by atoms with Crippen molar-refractivity contribution < 1.29 is 9.21 Å². The van der Waals surface area contributed by atoms with Crippen LogP contribution in [0.3, 0.4) is 0 Å². The molecule has 0 spiro atoms. The van der Waals surface area contributed by atoms with Crippen LogP contribution in [-0.2, 0) is 4.79 Å². The largest absolute Gasteiger partial charge is 0.438 e. The van der Waals surface area contributed by atoms with Crippen LogP contribution in [0, 0.1) is 11.8 Å². The molecule has 1 saturated heterocycles. The van der Waals surface area contributed by atoms with E-state index in [2.05, 4.69) is 22.5 Å². The summed E-state index contributed by atoms with van der Waals surface area (Å²) in [6.45, 7) is 6.19. The Bertz CT molecular complexity index is 683. The van der Waals surface area contributed by atoms with E-state index in [9.17, 15) is 4.79 Å². The van der Waals surface area contributed by atoms with Crippen LogP contribution in [0.2, 0.25) is 0 Å². The number of piperidine rings is 1. The van der Waals surface area contributed by atoms with Gasteiger partial charge < -0.3 is 15.1 Å². The minimum atomic E-state index is -0.235. The number of nitrogens with zero attached hydrogens (tertiary/aromatic N) is 1. The Balaban J connectivity index is 0.00000243. The lowest BCUT2D eigenvalue weighted by Crippen LogP contribution is -2.36. The van der Waals surface area contributed by atoms with Crippen molar-refractivity contribution >= 4 is 18.3 Å². The Morgan fingerprint density at radius 2 is 2.12 bits per heavy atom. The van der Waals surface area contributed by atoms with Gasteiger partial charge in [0.2, 0.25) is 11.8 Å². The maximum Gasteiger partial charge on any atom is 0.220 e. The summed E-state index contributed by atoms with van der Waals surface area (Å²) in [5.74, 6) is 2.29. The lowest BCUT2D eigenvalue weighted by atomic mass is 9.85. The number of benzene rings is 1. The van der Waals surface area contributed by atoms with Gasteiger partial charge in [-0.3, -0.25) is 4.79 Å². The lowest BCUT2D eigenvalue weighted by Gasteiger charge is -2.28. The molecule has 1 fully saturated rings. The molecular weight excluding hydrogens is 350 g/mol. The lowest BCUT2D eigenvalue weighted by molar-refractivity contribution is -0.123. The van der Waals surface area contributed by atoms with Gasteiger partial charge in [-0.15, -0.1) is 12.4 Å². The zero-order valence-electron chi connectivity index (χ0n) is 15.4. The standard InChI is InChI=1S/C20H27N3O2.ClH/c1-14(17-9-6-10-21-12-17)11-19(24)23-15(2)20-22-13-18(25-20)16-7-4-3-5-8-16;/h3-5,7-8,13-15,17,21H,6,9-12H2,1-2H3,(H,23,24);1H. The van der Waals surface area contributed by atoms with Crippen LogP contribution in [0.5, 0.6) is 0 Å². The smallest absolute Gasteiger partial charge is 0.220 e. The first kappa shape index (κ1) is 20.5. The van der Waals surface area contributed by atoms with Gasteiger partial charge in [0.25, 0.3) is 0 Å². The fourth-order valence-electron chi connectivity index (χ4n) is 3.41. The molecule has 6 heteroatoms. The second-order valence-electron chi connectivity index (χ2n) is 7.01. The van der Waals surface area contributed by atoms with Crippen molar-refractivity contribution in [1.29, 1.82) is 0 Å². The van der Waals surface area contributed by atoms with Crippen LogP contribution in [0.4, 0.5) is 0 Å². The second kappa shape index (κ2) is 9.74. The van der Waals surface area contributed by atoms with E-state index in [1.54, 1.807) is 6.20 Å². The van der Waals surface area contributed by atoms with Crippen LogP contribution in [0.15, 0.2) is 40.9 Å². The zero-order chi connectivity index (χ0) is 17.6. The molecule has 0 radical (unpaired) electrons. The third kappa shape index (κ3) is 5.32. The van der Waals surface area contributed by atoms with E-state index < -0.39 is 0 Å². The summed E-state index contributed by atoms with van der Waals surface area (Å²) in [6.07, 6.45) is 4.66. The number of nitrogens with one attached hydrogen (secondary N) is 2. The predicted octanol–water partition coefficient (Wildman–Crippen LogP) is 3.97. The molecule has 0 bridgehead atoms. The Morgan fingerprint density at radius 1 is 1.35 bits per heavy atom. The van der Waals surface area contributed by atoms with Crippen molar-refractivity contribution in [2.75, 3.05) is 13.1 Å². The van der Waals surface area contributed by atoms with Gasteiger partial charge in [-0.05, 0) is 44.7 Å². The molecule has 3 unspecified atom stereocenters. The number of aromatic nitrogens is 1. The first-order chi connectivity index (χ1) is 12.1. The number of halogens is 1. The number of carbonyl (C=O) groups excluding carboxylic acids is 1. The van der Waals surface area contributed by atoms with E-state index in [0.717, 1.165) is 24.4 Å². The summed E-state index contributed by atoms with van der Waals surface area (Å²) in [7, 11) is 0. The summed E-state index contributed by atoms with van der Waals surface area (Å²) in [5, 5.41) is 6.43. The highest BCUT2D eigenvalue weighted by atomic mass is 35.5. The molecule has 1 aliphatic rings. The molecule has 0 saturated carbocycles. The van der Waals surface area contributed by atoms with Gasteiger partial charge in [0.15, 0.2) is 5.76 Å². The number of carbonyl (C=O) groups is 1. The van der Waals surface area contributed by atoms with Crippen molar-refractivity contribution in [3.05, 3.63) is 42.4 Å². The Labute approximate surface area is 161 Å². The fourth-order valence-corrected chi connectivity index (χ4v) is 3.41. The van der Waals surface area contributed by atoms with Crippen molar-refractivity contribution in [2.45, 2.75) is 39.2 Å². The molecule has 2 aromatic rings. The molecule has 3 rings (SSSR count). The number of hydrogen-bond donors (Lipinski definition) is 2. The summed E-state index contributed by atoms with van der Waals surface area (Å²) in [5.41, 5.74) is 0.984. The number of rotatable bonds is 6. The van der Waals surface area contributed by atoms with Crippen LogP contribution in [0.25, 0.3) is 11.3 Å². The third-order valence-electron chi connectivity index (χ3n) is 4.98. The molecule has 1 aromatic heterocycles. The molecule has 2 heterocycles. The highest BCUT2D eigenvalue weighted by Gasteiger charge is 2.23. The van der Waals surface area contributed by atoms with Gasteiger partial charge in [0.05, 0.1) is 6.20 Å². The van der Waals surface area contributed by atoms with Crippen molar-refractivity contribution in [3.8, 4) is 11.3 Å². The van der Waals surface area contributed by atoms with E-state index in [-0.39, 0.29) is 24.4 Å². The van der Waals surface area contributed by atoms with Crippen LogP contribution < -0.4 is 10.6 Å². The maximum absolute atomic E-state index is 12.4. The highest BCUT2D eigenvalue weighted by Crippen LogP contribution is 2.24. The summed E-state index contributed by atoms with van der Waals surface area (Å²) in [6, 6.07) is 9.61. The zero-order valence-corrected chi connectivity index (χ0v) is 16.2. The summed E-state index contributed by atoms with van der Waals surface area (Å²) in [4.78, 5) is 16.7. The van der Waals surface area contributed by atoms with E-state index in [4.69, 9.17) is 4.42 Å². The van der Waals surface area contributed by atoms with Crippen LogP contribution >= 0.6 is 12.4 Å². The monoisotopic (exact) mass is 377 g/mol. The molecule has 2 N–H and O–H groups in total. The first-order valence-corrected chi connectivity index (χ1v) is 9.14. The topological polar surface area (TPSA) is 67.2 Å². The van der Waals surface area contributed by atoms with Gasteiger partial charge in [-0.2, -0.15) is 0 Å². The van der Waals surface area contributed by atoms with Gasteiger partial charge in [-0.25, -0.2) is 4.98 Å². The molecule has 142 valence electrons. The minimum Gasteiger partial charge on any atom is -0.438 e. The van der Waals surface area contributed by atoms with Gasteiger partial charge in [0.1, 0.15) is 6.04 Å². The third-order valence-corrected chi connectivity index (χ3v) is 4.98. The Morgan fingerprint density at radius 3 is 2.81 bits per heavy atom. The number of hydrogen-bond acceptors (Lipinski definition) is 4. The SMILES string of the molecule is CC(NC(=O)CC(C)C1CCCNC1)c1ncc(-c2ccccc2)o1.Cl. The average Bonchev–Trinajstić information content (AvgIpc) is 3.13. The quantitative estimate of drug-likeness (QED) is 0.799. The molecule has 3 atom stereocenters. The second-order valence-corrected chi connectivity index (χ2v) is 7.01. The van der Waals surface area contributed by atoms with Gasteiger partial charge in [0, 0.05) is 12.0 Å². The normalized spacial score (nSPS) is 19.2. The molecule has 5 nitrogen and oxygen atoms in total. The summed E-state index contributed by atoms with van der Waals surface area (Å²) < 4.78 is 5.82. The predicted molar refractivity (Wildman–Crippen MR) is 105 cm³/mol. The molecule has 0 aliphatic carbocycles. The average molecular weight is 378 g/mol. The van der Waals surface area contributed by atoms with Gasteiger partial charge >= 0.3 is 0 Å². The summed E-state index contributed by atoms with van der Waals surface area (Å²) >= 11 is 0. The minimum absolute atomic E-state index is 0. The van der Waals surface area contributed by atoms with E-state index in [1.807, 2.05) is 37.3 Å². The van der Waals surface area contributed by atoms with E-state index in [0.29, 0.717) is 24.1 Å². The highest BCUT2D eigenvalue weighted by molar-refractivity contribution is 5.85. The fraction of sp³-hybridized carbons (Fsp3) is 0.500. The molecule has 1 aromatic carbocycles. The van der Waals surface area contributed by atoms with Crippen LogP contribution in [-0.4, -0.2) is 24.0 Å². The van der Waals surface area contributed by atoms with Crippen molar-refractivity contribution in [3.63, 3.8) is 0 Å². The molecule has 26 heavy (non-hydrogen) atoms. The maximum atomic E-state index is 12.4. The Kier molecular flexibility index (Phi) is 7.66. The van der Waals surface area contributed by atoms with Crippen LogP contribution in [0.1, 0.15) is 45.0 Å². The van der Waals surface area contributed by atoms with E-state index >= 15 is 0 Å².